The van der Waals surface area contributed by atoms with Crippen LogP contribution in [-0.4, -0.2) is 45.4 Å². The van der Waals surface area contributed by atoms with Gasteiger partial charge in [0.1, 0.15) is 5.78 Å². The molecular formula is C25H50O4. The average Bonchev–Trinajstić information content (AvgIpc) is 2.61. The summed E-state index contributed by atoms with van der Waals surface area (Å²) in [5.41, 5.74) is 0.269. The second-order valence-corrected chi connectivity index (χ2v) is 10.4. The lowest BCUT2D eigenvalue weighted by Gasteiger charge is -2.17. The SMILES string of the molecule is CC(C)(C)CCCCCCOCCOCCOCCCCCCC(=O)C(C)(C)C. The third kappa shape index (κ3) is 22.1. The van der Waals surface area contributed by atoms with E-state index in [-0.39, 0.29) is 5.41 Å². The van der Waals surface area contributed by atoms with E-state index in [1.54, 1.807) is 0 Å². The zero-order chi connectivity index (χ0) is 22.0. The molecule has 0 aliphatic heterocycles. The van der Waals surface area contributed by atoms with Crippen molar-refractivity contribution in [3.8, 4) is 0 Å². The molecule has 0 radical (unpaired) electrons. The highest BCUT2D eigenvalue weighted by atomic mass is 16.5. The zero-order valence-electron chi connectivity index (χ0n) is 20.4. The Bertz CT molecular complexity index is 379. The Balaban J connectivity index is 3.15. The van der Waals surface area contributed by atoms with Crippen molar-refractivity contribution in [1.82, 2.24) is 0 Å². The van der Waals surface area contributed by atoms with Crippen LogP contribution in [0.5, 0.6) is 0 Å². The molecule has 0 heterocycles. The molecule has 29 heavy (non-hydrogen) atoms. The van der Waals surface area contributed by atoms with E-state index in [1.165, 1.54) is 25.7 Å². The molecule has 0 aliphatic rings. The smallest absolute Gasteiger partial charge is 0.138 e. The van der Waals surface area contributed by atoms with E-state index < -0.39 is 0 Å². The van der Waals surface area contributed by atoms with Crippen molar-refractivity contribution >= 4 is 5.78 Å². The predicted molar refractivity (Wildman–Crippen MR) is 123 cm³/mol. The normalized spacial score (nSPS) is 12.5. The van der Waals surface area contributed by atoms with E-state index in [9.17, 15) is 4.79 Å². The number of unbranched alkanes of at least 4 members (excludes halogenated alkanes) is 6. The molecule has 0 N–H and O–H groups in total. The minimum Gasteiger partial charge on any atom is -0.379 e. The van der Waals surface area contributed by atoms with E-state index in [1.807, 2.05) is 20.8 Å². The van der Waals surface area contributed by atoms with Crippen molar-refractivity contribution < 1.29 is 19.0 Å². The Hall–Kier alpha value is -0.450. The summed E-state index contributed by atoms with van der Waals surface area (Å²) < 4.78 is 16.7. The second kappa shape index (κ2) is 17.3. The van der Waals surface area contributed by atoms with E-state index in [0.29, 0.717) is 44.0 Å². The van der Waals surface area contributed by atoms with Gasteiger partial charge in [-0.05, 0) is 31.1 Å². The first kappa shape index (κ1) is 28.5. The fraction of sp³-hybridized carbons (Fsp3) is 0.960. The quantitative estimate of drug-likeness (QED) is 0.223. The molecule has 4 heteroatoms. The first-order chi connectivity index (χ1) is 13.6. The second-order valence-electron chi connectivity index (χ2n) is 10.4. The third-order valence-electron chi connectivity index (χ3n) is 4.99. The highest BCUT2D eigenvalue weighted by Gasteiger charge is 2.19. The molecule has 174 valence electrons. The van der Waals surface area contributed by atoms with Crippen LogP contribution in [0.4, 0.5) is 0 Å². The van der Waals surface area contributed by atoms with Crippen molar-refractivity contribution in [2.45, 2.75) is 106 Å². The molecule has 0 amide bonds. The van der Waals surface area contributed by atoms with Crippen molar-refractivity contribution in [3.05, 3.63) is 0 Å². The van der Waals surface area contributed by atoms with Gasteiger partial charge in [0.25, 0.3) is 0 Å². The third-order valence-corrected chi connectivity index (χ3v) is 4.99. The number of carbonyl (C=O) groups excluding carboxylic acids is 1. The van der Waals surface area contributed by atoms with Gasteiger partial charge in [0.2, 0.25) is 0 Å². The summed E-state index contributed by atoms with van der Waals surface area (Å²) in [5, 5.41) is 0. The molecule has 0 aliphatic carbocycles. The molecule has 0 aromatic heterocycles. The van der Waals surface area contributed by atoms with Crippen molar-refractivity contribution in [2.75, 3.05) is 39.6 Å². The number of rotatable bonds is 19. The highest BCUT2D eigenvalue weighted by Crippen LogP contribution is 2.22. The van der Waals surface area contributed by atoms with Gasteiger partial charge in [-0.2, -0.15) is 0 Å². The maximum Gasteiger partial charge on any atom is 0.138 e. The number of ketones is 1. The van der Waals surface area contributed by atoms with Crippen molar-refractivity contribution in [3.63, 3.8) is 0 Å². The summed E-state index contributed by atoms with van der Waals surface area (Å²) in [6.45, 7) is 17.1. The summed E-state index contributed by atoms with van der Waals surface area (Å²) >= 11 is 0. The molecule has 0 saturated carbocycles. The number of hydrogen-bond donors (Lipinski definition) is 0. The molecular weight excluding hydrogens is 364 g/mol. The molecule has 0 aromatic rings. The minimum atomic E-state index is -0.194. The van der Waals surface area contributed by atoms with Gasteiger partial charge in [0.05, 0.1) is 26.4 Å². The van der Waals surface area contributed by atoms with Crippen LogP contribution < -0.4 is 0 Å². The van der Waals surface area contributed by atoms with E-state index in [0.717, 1.165) is 45.3 Å². The van der Waals surface area contributed by atoms with Gasteiger partial charge in [-0.25, -0.2) is 0 Å². The monoisotopic (exact) mass is 414 g/mol. The summed E-state index contributed by atoms with van der Waals surface area (Å²) in [5.74, 6) is 0.367. The van der Waals surface area contributed by atoms with E-state index in [4.69, 9.17) is 14.2 Å². The Labute approximate surface area is 181 Å². The lowest BCUT2D eigenvalue weighted by molar-refractivity contribution is -0.126. The largest absolute Gasteiger partial charge is 0.379 e. The van der Waals surface area contributed by atoms with Crippen LogP contribution in [0, 0.1) is 10.8 Å². The van der Waals surface area contributed by atoms with Gasteiger partial charge < -0.3 is 14.2 Å². The van der Waals surface area contributed by atoms with Crippen LogP contribution in [0.15, 0.2) is 0 Å². The number of hydrogen-bond acceptors (Lipinski definition) is 4. The highest BCUT2D eigenvalue weighted by molar-refractivity contribution is 5.83. The minimum absolute atomic E-state index is 0.194. The van der Waals surface area contributed by atoms with Gasteiger partial charge >= 0.3 is 0 Å². The topological polar surface area (TPSA) is 44.8 Å². The molecule has 0 aromatic carbocycles. The van der Waals surface area contributed by atoms with Crippen LogP contribution in [0.2, 0.25) is 0 Å². The first-order valence-corrected chi connectivity index (χ1v) is 11.9. The lowest BCUT2D eigenvalue weighted by atomic mass is 9.88. The Morgan fingerprint density at radius 1 is 0.552 bits per heavy atom. The number of carbonyl (C=O) groups is 1. The molecule has 0 bridgehead atoms. The van der Waals surface area contributed by atoms with Crippen LogP contribution >= 0.6 is 0 Å². The molecule has 0 atom stereocenters. The summed E-state index contributed by atoms with van der Waals surface area (Å²) in [6.07, 6.45) is 11.3. The number of ether oxygens (including phenoxy) is 3. The van der Waals surface area contributed by atoms with Gasteiger partial charge in [-0.1, -0.05) is 73.6 Å². The fourth-order valence-electron chi connectivity index (χ4n) is 2.97. The van der Waals surface area contributed by atoms with Crippen LogP contribution in [0.3, 0.4) is 0 Å². The molecule has 0 spiro atoms. The molecule has 0 saturated heterocycles. The van der Waals surface area contributed by atoms with Gasteiger partial charge in [-0.15, -0.1) is 0 Å². The zero-order valence-corrected chi connectivity index (χ0v) is 20.4. The standard InChI is InChI=1S/C25H50O4/c1-24(2,3)16-12-8-10-14-18-28-20-22-29-21-19-27-17-13-9-7-11-15-23(26)25(4,5)6/h7-22H2,1-6H3. The first-order valence-electron chi connectivity index (χ1n) is 11.9. The Morgan fingerprint density at radius 3 is 1.41 bits per heavy atom. The Kier molecular flexibility index (Phi) is 17.0. The summed E-state index contributed by atoms with van der Waals surface area (Å²) in [6, 6.07) is 0. The van der Waals surface area contributed by atoms with Crippen molar-refractivity contribution in [2.24, 2.45) is 10.8 Å². The van der Waals surface area contributed by atoms with Gasteiger partial charge in [-0.3, -0.25) is 4.79 Å². The van der Waals surface area contributed by atoms with Gasteiger partial charge in [0, 0.05) is 25.0 Å². The van der Waals surface area contributed by atoms with Gasteiger partial charge in [0.15, 0.2) is 0 Å². The summed E-state index contributed by atoms with van der Waals surface area (Å²) in [7, 11) is 0. The van der Waals surface area contributed by atoms with Crippen molar-refractivity contribution in [1.29, 1.82) is 0 Å². The number of Topliss-reactive ketones (excluding diaryl/α,β-unsaturated/α-hetero) is 1. The fourth-order valence-corrected chi connectivity index (χ4v) is 2.97. The predicted octanol–water partition coefficient (Wildman–Crippen LogP) is 6.60. The molecule has 0 rings (SSSR count). The van der Waals surface area contributed by atoms with Crippen LogP contribution in [0.1, 0.15) is 106 Å². The maximum absolute atomic E-state index is 11.8. The van der Waals surface area contributed by atoms with Crippen LogP contribution in [-0.2, 0) is 19.0 Å². The lowest BCUT2D eigenvalue weighted by Crippen LogP contribution is -2.19. The molecule has 0 fully saturated rings. The van der Waals surface area contributed by atoms with E-state index in [2.05, 4.69) is 20.8 Å². The van der Waals surface area contributed by atoms with E-state index >= 15 is 0 Å². The Morgan fingerprint density at radius 2 is 0.966 bits per heavy atom. The summed E-state index contributed by atoms with van der Waals surface area (Å²) in [4.78, 5) is 11.8. The van der Waals surface area contributed by atoms with Crippen LogP contribution in [0.25, 0.3) is 0 Å². The average molecular weight is 415 g/mol. The molecule has 0 unspecified atom stereocenters. The maximum atomic E-state index is 11.8. The molecule has 4 nitrogen and oxygen atoms in total.